The van der Waals surface area contributed by atoms with Gasteiger partial charge in [-0.15, -0.1) is 11.6 Å². The molecule has 1 unspecified atom stereocenters. The van der Waals surface area contributed by atoms with E-state index in [1.54, 1.807) is 23.9 Å². The molecule has 1 atom stereocenters. The number of aryl methyl sites for hydroxylation is 1. The molecule has 2 rings (SSSR count). The lowest BCUT2D eigenvalue weighted by molar-refractivity contribution is 0.592. The minimum absolute atomic E-state index is 0.192. The van der Waals surface area contributed by atoms with E-state index in [-0.39, 0.29) is 11.9 Å². The van der Waals surface area contributed by atoms with Gasteiger partial charge in [0.1, 0.15) is 11.6 Å². The first-order chi connectivity index (χ1) is 9.08. The van der Waals surface area contributed by atoms with Crippen LogP contribution in [-0.2, 0) is 6.42 Å². The number of fused-ring (bicyclic) bond motifs is 1. The molecule has 0 bridgehead atoms. The van der Waals surface area contributed by atoms with E-state index in [4.69, 9.17) is 11.6 Å². The second-order valence-corrected chi connectivity index (χ2v) is 6.85. The molecule has 1 aromatic carbocycles. The predicted molar refractivity (Wildman–Crippen MR) is 89.9 cm³/mol. The van der Waals surface area contributed by atoms with Crippen LogP contribution >= 0.6 is 46.0 Å². The molecule has 0 aliphatic carbocycles. The van der Waals surface area contributed by atoms with Gasteiger partial charge in [-0.25, -0.2) is 9.37 Å². The summed E-state index contributed by atoms with van der Waals surface area (Å²) in [6, 6.07) is 3.65. The maximum atomic E-state index is 13.8. The summed E-state index contributed by atoms with van der Waals surface area (Å²) in [5, 5.41) is 0. The molecule has 0 aliphatic rings. The molecule has 2 aromatic rings. The second kappa shape index (κ2) is 6.63. The normalized spacial score (nSPS) is 13.1. The molecule has 0 aliphatic heterocycles. The van der Waals surface area contributed by atoms with Crippen molar-refractivity contribution in [1.29, 1.82) is 0 Å². The number of thioether (sulfide) groups is 1. The first kappa shape index (κ1) is 15.4. The van der Waals surface area contributed by atoms with E-state index in [0.29, 0.717) is 15.9 Å². The molecule has 0 amide bonds. The third-order valence-electron chi connectivity index (χ3n) is 2.97. The Hall–Kier alpha value is -0.0100. The lowest BCUT2D eigenvalue weighted by Crippen LogP contribution is -2.12. The van der Waals surface area contributed by atoms with E-state index in [1.807, 2.05) is 22.6 Å². The van der Waals surface area contributed by atoms with Crippen molar-refractivity contribution in [3.05, 3.63) is 27.3 Å². The Bertz CT molecular complexity index is 588. The van der Waals surface area contributed by atoms with Crippen molar-refractivity contribution >= 4 is 57.0 Å². The lowest BCUT2D eigenvalue weighted by atomic mass is 10.3. The molecule has 19 heavy (non-hydrogen) atoms. The van der Waals surface area contributed by atoms with Crippen molar-refractivity contribution in [2.24, 2.45) is 0 Å². The maximum Gasteiger partial charge on any atom is 0.138 e. The molecule has 2 nitrogen and oxygen atoms in total. The molecular formula is C13H15ClFIN2S. The quantitative estimate of drug-likeness (QED) is 0.532. The van der Waals surface area contributed by atoms with Gasteiger partial charge in [-0.2, -0.15) is 11.8 Å². The van der Waals surface area contributed by atoms with Crippen LogP contribution in [0.1, 0.15) is 18.8 Å². The van der Waals surface area contributed by atoms with E-state index in [0.717, 1.165) is 22.6 Å². The highest BCUT2D eigenvalue weighted by molar-refractivity contribution is 14.1. The number of nitrogens with zero attached hydrogens (tertiary/aromatic N) is 2. The summed E-state index contributed by atoms with van der Waals surface area (Å²) in [6.07, 6.45) is 2.77. The average molecular weight is 413 g/mol. The van der Waals surface area contributed by atoms with E-state index in [2.05, 4.69) is 22.7 Å². The predicted octanol–water partition coefficient (Wildman–Crippen LogP) is 4.49. The van der Waals surface area contributed by atoms with E-state index < -0.39 is 0 Å². The zero-order valence-corrected chi connectivity index (χ0v) is 14.5. The summed E-state index contributed by atoms with van der Waals surface area (Å²) in [5.74, 6) is 2.24. The van der Waals surface area contributed by atoms with Crippen LogP contribution in [0.25, 0.3) is 11.0 Å². The zero-order valence-electron chi connectivity index (χ0n) is 10.8. The number of rotatable bonds is 5. The van der Waals surface area contributed by atoms with E-state index in [9.17, 15) is 4.39 Å². The molecule has 0 N–H and O–H groups in total. The minimum Gasteiger partial charge on any atom is -0.324 e. The Morgan fingerprint density at radius 2 is 2.26 bits per heavy atom. The van der Waals surface area contributed by atoms with Gasteiger partial charge >= 0.3 is 0 Å². The summed E-state index contributed by atoms with van der Waals surface area (Å²) in [7, 11) is 0. The van der Waals surface area contributed by atoms with E-state index in [1.165, 1.54) is 0 Å². The first-order valence-corrected chi connectivity index (χ1v) is 9.00. The molecule has 0 fully saturated rings. The van der Waals surface area contributed by atoms with Gasteiger partial charge < -0.3 is 4.57 Å². The van der Waals surface area contributed by atoms with Gasteiger partial charge in [0, 0.05) is 30.2 Å². The summed E-state index contributed by atoms with van der Waals surface area (Å²) in [5.41, 5.74) is 1.71. The minimum atomic E-state index is -0.192. The number of alkyl halides is 1. The average Bonchev–Trinajstić information content (AvgIpc) is 2.68. The summed E-state index contributed by atoms with van der Waals surface area (Å²) in [4.78, 5) is 4.61. The van der Waals surface area contributed by atoms with Crippen molar-refractivity contribution in [2.45, 2.75) is 19.4 Å². The van der Waals surface area contributed by atoms with Crippen molar-refractivity contribution < 1.29 is 4.39 Å². The third kappa shape index (κ3) is 3.19. The number of aromatic nitrogens is 2. The summed E-state index contributed by atoms with van der Waals surface area (Å²) < 4.78 is 16.5. The Kier molecular flexibility index (Phi) is 5.37. The van der Waals surface area contributed by atoms with Gasteiger partial charge in [-0.05, 0) is 41.8 Å². The number of hydrogen-bond acceptors (Lipinski definition) is 2. The van der Waals surface area contributed by atoms with Gasteiger partial charge in [0.15, 0.2) is 0 Å². The highest BCUT2D eigenvalue weighted by atomic mass is 127. The fraction of sp³-hybridized carbons (Fsp3) is 0.462. The van der Waals surface area contributed by atoms with Crippen LogP contribution < -0.4 is 0 Å². The highest BCUT2D eigenvalue weighted by Crippen LogP contribution is 2.26. The molecule has 1 aromatic heterocycles. The van der Waals surface area contributed by atoms with Crippen LogP contribution in [0.3, 0.4) is 0 Å². The van der Waals surface area contributed by atoms with Gasteiger partial charge in [0.25, 0.3) is 0 Å². The molecular weight excluding hydrogens is 398 g/mol. The SMILES string of the molecule is CSCC(C)n1c(CCCl)nc2cc(I)c(F)cc21. The largest absolute Gasteiger partial charge is 0.324 e. The van der Waals surface area contributed by atoms with Crippen LogP contribution in [0.5, 0.6) is 0 Å². The molecule has 104 valence electrons. The molecule has 6 heteroatoms. The second-order valence-electron chi connectivity index (χ2n) is 4.40. The summed E-state index contributed by atoms with van der Waals surface area (Å²) >= 11 is 9.61. The molecule has 0 spiro atoms. The Labute approximate surface area is 135 Å². The zero-order chi connectivity index (χ0) is 14.0. The van der Waals surface area contributed by atoms with Crippen LogP contribution in [0, 0.1) is 9.39 Å². The first-order valence-electron chi connectivity index (χ1n) is 5.99. The van der Waals surface area contributed by atoms with Gasteiger partial charge in [-0.3, -0.25) is 0 Å². The third-order valence-corrected chi connectivity index (χ3v) is 4.80. The van der Waals surface area contributed by atoms with E-state index >= 15 is 0 Å². The van der Waals surface area contributed by atoms with Gasteiger partial charge in [-0.1, -0.05) is 0 Å². The number of benzene rings is 1. The highest BCUT2D eigenvalue weighted by Gasteiger charge is 2.17. The van der Waals surface area contributed by atoms with Crippen molar-refractivity contribution in [2.75, 3.05) is 17.9 Å². The number of hydrogen-bond donors (Lipinski definition) is 0. The Balaban J connectivity index is 2.61. The fourth-order valence-corrected chi connectivity index (χ4v) is 3.46. The standard InChI is InChI=1S/C13H15ClFIN2S/c1-8(7-19-2)18-12-5-9(15)10(16)6-11(12)17-13(18)3-4-14/h5-6,8H,3-4,7H2,1-2H3. The van der Waals surface area contributed by atoms with Crippen LogP contribution in [-0.4, -0.2) is 27.4 Å². The summed E-state index contributed by atoms with van der Waals surface area (Å²) in [6.45, 7) is 2.13. The van der Waals surface area contributed by atoms with Crippen LogP contribution in [0.2, 0.25) is 0 Å². The number of halogens is 3. The lowest BCUT2D eigenvalue weighted by Gasteiger charge is -2.16. The Morgan fingerprint density at radius 1 is 1.53 bits per heavy atom. The van der Waals surface area contributed by atoms with Crippen molar-refractivity contribution in [3.63, 3.8) is 0 Å². The Morgan fingerprint density at radius 3 is 2.89 bits per heavy atom. The topological polar surface area (TPSA) is 17.8 Å². The van der Waals surface area contributed by atoms with Gasteiger partial charge in [0.05, 0.1) is 14.6 Å². The monoisotopic (exact) mass is 412 g/mol. The fourth-order valence-electron chi connectivity index (χ4n) is 2.21. The molecule has 1 heterocycles. The molecule has 0 saturated heterocycles. The van der Waals surface area contributed by atoms with Crippen molar-refractivity contribution in [3.8, 4) is 0 Å². The van der Waals surface area contributed by atoms with Crippen molar-refractivity contribution in [1.82, 2.24) is 9.55 Å². The molecule has 0 radical (unpaired) electrons. The van der Waals surface area contributed by atoms with Crippen LogP contribution in [0.15, 0.2) is 12.1 Å². The van der Waals surface area contributed by atoms with Crippen LogP contribution in [0.4, 0.5) is 4.39 Å². The number of imidazole rings is 1. The smallest absolute Gasteiger partial charge is 0.138 e. The molecule has 0 saturated carbocycles. The maximum absolute atomic E-state index is 13.8. The van der Waals surface area contributed by atoms with Gasteiger partial charge in [0.2, 0.25) is 0 Å².